The SMILES string of the molecule is CC/C=C\C/C=C\C/C=C\C/C=C\C/C=C\C/C=C\CCCCC(=O)OC1C(OCC(NC(=O)C(O)CC/C=C\C/C=C\C/C=C\C/C=C\C/C=C\CC)C(O)/C=C/CCCCCCCCCCCCC)OC(CO)C(O)C1O. The minimum atomic E-state index is -1.65. The number of esters is 1. The number of unbranched alkanes of at least 4 members (excludes halogenated alkanes) is 13. The maximum Gasteiger partial charge on any atom is 0.306 e. The highest BCUT2D eigenvalue weighted by Gasteiger charge is 2.47. The standard InChI is InChI=1S/C68H109NO10/c1-4-7-10-13-16-19-22-25-27-29-30-31-32-33-35-38-41-44-47-50-53-56-63(73)79-66-65(75)64(74)62(57-70)78-68(66)77-58-59(60(71)54-51-48-45-42-39-36-24-21-18-15-12-9-6-3)69-67(76)61(72)55-52-49-46-43-40-37-34-28-26-23-20-17-14-11-8-5-2/h7-8,10-11,16-17,19-20,25-28,30-31,33,35,37,40-41,44,46,49,51,54,59-62,64-66,68,70-72,74-75H,4-6,9,12-15,18,21-24,29,32,34,36,38-39,42-43,45,47-48,50,52-53,55-58H2,1-3H3,(H,69,76)/b10-7-,11-8-,19-16-,20-17-,27-25-,28-26-,31-30-,35-33-,40-37-,44-41-,49-46-,54-51+. The Morgan fingerprint density at radius 3 is 1.37 bits per heavy atom. The van der Waals surface area contributed by atoms with Gasteiger partial charge in [0.1, 0.15) is 24.4 Å². The van der Waals surface area contributed by atoms with E-state index in [2.05, 4.69) is 148 Å². The number of rotatable bonds is 49. The van der Waals surface area contributed by atoms with Crippen molar-refractivity contribution in [1.29, 1.82) is 0 Å². The number of hydrogen-bond donors (Lipinski definition) is 6. The Labute approximate surface area is 479 Å². The van der Waals surface area contributed by atoms with Crippen LogP contribution in [0.3, 0.4) is 0 Å². The predicted molar refractivity (Wildman–Crippen MR) is 328 cm³/mol. The molecule has 1 rings (SSSR count). The first kappa shape index (κ1) is 72.6. The van der Waals surface area contributed by atoms with E-state index in [4.69, 9.17) is 14.2 Å². The van der Waals surface area contributed by atoms with Gasteiger partial charge in [0, 0.05) is 6.42 Å². The van der Waals surface area contributed by atoms with Gasteiger partial charge in [0.15, 0.2) is 12.4 Å². The lowest BCUT2D eigenvalue weighted by Crippen LogP contribution is -2.61. The van der Waals surface area contributed by atoms with Gasteiger partial charge in [-0.2, -0.15) is 0 Å². The van der Waals surface area contributed by atoms with E-state index in [0.29, 0.717) is 12.8 Å². The maximum absolute atomic E-state index is 13.4. The van der Waals surface area contributed by atoms with E-state index < -0.39 is 67.4 Å². The Hall–Kier alpha value is -4.46. The summed E-state index contributed by atoms with van der Waals surface area (Å²) in [5, 5.41) is 56.9. The van der Waals surface area contributed by atoms with Crippen LogP contribution >= 0.6 is 0 Å². The molecule has 0 aromatic heterocycles. The van der Waals surface area contributed by atoms with Gasteiger partial charge in [0.25, 0.3) is 0 Å². The zero-order valence-electron chi connectivity index (χ0n) is 49.2. The first-order valence-electron chi connectivity index (χ1n) is 30.6. The third-order valence-corrected chi connectivity index (χ3v) is 13.2. The highest BCUT2D eigenvalue weighted by Crippen LogP contribution is 2.26. The molecule has 1 saturated heterocycles. The molecule has 0 bridgehead atoms. The van der Waals surface area contributed by atoms with Crippen LogP contribution in [0.15, 0.2) is 146 Å². The average molecular weight is 1100 g/mol. The van der Waals surface area contributed by atoms with Gasteiger partial charge in [-0.3, -0.25) is 9.59 Å². The second-order valence-corrected chi connectivity index (χ2v) is 20.3. The van der Waals surface area contributed by atoms with Gasteiger partial charge in [-0.1, -0.05) is 231 Å². The molecule has 0 spiro atoms. The zero-order valence-corrected chi connectivity index (χ0v) is 49.2. The molecule has 11 heteroatoms. The minimum Gasteiger partial charge on any atom is -0.454 e. The van der Waals surface area contributed by atoms with E-state index >= 15 is 0 Å². The summed E-state index contributed by atoms with van der Waals surface area (Å²) in [4.78, 5) is 26.5. The van der Waals surface area contributed by atoms with Crippen molar-refractivity contribution in [3.8, 4) is 0 Å². The monoisotopic (exact) mass is 1100 g/mol. The van der Waals surface area contributed by atoms with Crippen molar-refractivity contribution in [2.24, 2.45) is 0 Å². The number of carbonyl (C=O) groups is 2. The first-order chi connectivity index (χ1) is 38.7. The number of allylic oxidation sites excluding steroid dienone is 23. The number of hydrogen-bond acceptors (Lipinski definition) is 10. The summed E-state index contributed by atoms with van der Waals surface area (Å²) in [6.07, 6.45) is 67.5. The molecule has 0 aliphatic carbocycles. The molecule has 1 amide bonds. The highest BCUT2D eigenvalue weighted by atomic mass is 16.7. The molecule has 1 fully saturated rings. The van der Waals surface area contributed by atoms with Gasteiger partial charge >= 0.3 is 5.97 Å². The number of amides is 1. The Balaban J connectivity index is 2.78. The van der Waals surface area contributed by atoms with Crippen LogP contribution in [0.1, 0.15) is 207 Å². The molecule has 1 aliphatic heterocycles. The predicted octanol–water partition coefficient (Wildman–Crippen LogP) is 14.6. The molecule has 6 N–H and O–H groups in total. The van der Waals surface area contributed by atoms with Gasteiger partial charge < -0.3 is 45.1 Å². The lowest BCUT2D eigenvalue weighted by molar-refractivity contribution is -0.305. The van der Waals surface area contributed by atoms with Crippen LogP contribution in [-0.2, 0) is 23.8 Å². The Morgan fingerprint density at radius 1 is 0.506 bits per heavy atom. The van der Waals surface area contributed by atoms with Crippen LogP contribution in [0.25, 0.3) is 0 Å². The van der Waals surface area contributed by atoms with E-state index in [1.807, 2.05) is 18.2 Å². The molecule has 446 valence electrons. The summed E-state index contributed by atoms with van der Waals surface area (Å²) >= 11 is 0. The fourth-order valence-corrected chi connectivity index (χ4v) is 8.45. The highest BCUT2D eigenvalue weighted by molar-refractivity contribution is 5.80. The summed E-state index contributed by atoms with van der Waals surface area (Å²) < 4.78 is 17.5. The number of aliphatic hydroxyl groups excluding tert-OH is 5. The summed E-state index contributed by atoms with van der Waals surface area (Å²) in [5.41, 5.74) is 0. The van der Waals surface area contributed by atoms with E-state index in [-0.39, 0.29) is 19.4 Å². The summed E-state index contributed by atoms with van der Waals surface area (Å²) in [6, 6.07) is -1.07. The van der Waals surface area contributed by atoms with Crippen molar-refractivity contribution in [2.45, 2.75) is 256 Å². The van der Waals surface area contributed by atoms with Crippen molar-refractivity contribution < 1.29 is 49.3 Å². The van der Waals surface area contributed by atoms with E-state index in [1.54, 1.807) is 6.08 Å². The number of ether oxygens (including phenoxy) is 3. The Bertz CT molecular complexity index is 1840. The van der Waals surface area contributed by atoms with Gasteiger partial charge in [0.2, 0.25) is 5.91 Å². The molecule has 1 heterocycles. The van der Waals surface area contributed by atoms with Crippen molar-refractivity contribution in [3.05, 3.63) is 146 Å². The molecule has 79 heavy (non-hydrogen) atoms. The third kappa shape index (κ3) is 42.1. The van der Waals surface area contributed by atoms with Crippen molar-refractivity contribution in [2.75, 3.05) is 13.2 Å². The van der Waals surface area contributed by atoms with E-state index in [9.17, 15) is 35.1 Å². The normalized spacial score (nSPS) is 19.9. The Kier molecular flexibility index (Phi) is 49.7. The first-order valence-corrected chi connectivity index (χ1v) is 30.6. The third-order valence-electron chi connectivity index (χ3n) is 13.2. The smallest absolute Gasteiger partial charge is 0.306 e. The second kappa shape index (κ2) is 54.1. The van der Waals surface area contributed by atoms with Crippen LogP contribution in [0.4, 0.5) is 0 Å². The molecule has 0 aromatic carbocycles. The van der Waals surface area contributed by atoms with Gasteiger partial charge in [-0.15, -0.1) is 0 Å². The van der Waals surface area contributed by atoms with Gasteiger partial charge in [-0.25, -0.2) is 0 Å². The molecule has 1 aliphatic rings. The van der Waals surface area contributed by atoms with E-state index in [1.165, 1.54) is 51.4 Å². The molecule has 11 nitrogen and oxygen atoms in total. The summed E-state index contributed by atoms with van der Waals surface area (Å²) in [5.74, 6) is -1.32. The number of carbonyl (C=O) groups excluding carboxylic acids is 2. The molecule has 8 atom stereocenters. The molecule has 0 saturated carbocycles. The van der Waals surface area contributed by atoms with Crippen LogP contribution < -0.4 is 5.32 Å². The number of aliphatic hydroxyl groups is 5. The van der Waals surface area contributed by atoms with Crippen molar-refractivity contribution in [1.82, 2.24) is 5.32 Å². The number of nitrogens with one attached hydrogen (secondary N) is 1. The van der Waals surface area contributed by atoms with Crippen LogP contribution in [-0.4, -0.2) is 99.6 Å². The second-order valence-electron chi connectivity index (χ2n) is 20.3. The average Bonchev–Trinajstić information content (AvgIpc) is 3.49. The minimum absolute atomic E-state index is 0.0525. The van der Waals surface area contributed by atoms with Crippen molar-refractivity contribution in [3.63, 3.8) is 0 Å². The van der Waals surface area contributed by atoms with Crippen LogP contribution in [0, 0.1) is 0 Å². The largest absolute Gasteiger partial charge is 0.454 e. The molecule has 0 aromatic rings. The summed E-state index contributed by atoms with van der Waals surface area (Å²) in [7, 11) is 0. The lowest BCUT2D eigenvalue weighted by Gasteiger charge is -2.41. The zero-order chi connectivity index (χ0) is 57.5. The fourth-order valence-electron chi connectivity index (χ4n) is 8.45. The molecule has 0 radical (unpaired) electrons. The fraction of sp³-hybridized carbons (Fsp3) is 0.618. The van der Waals surface area contributed by atoms with Gasteiger partial charge in [-0.05, 0) is 116 Å². The molecule has 8 unspecified atom stereocenters. The van der Waals surface area contributed by atoms with Crippen molar-refractivity contribution >= 4 is 11.9 Å². The topological polar surface area (TPSA) is 175 Å². The van der Waals surface area contributed by atoms with Crippen LogP contribution in [0.2, 0.25) is 0 Å². The summed E-state index contributed by atoms with van der Waals surface area (Å²) in [6.45, 7) is 5.48. The maximum atomic E-state index is 13.4. The van der Waals surface area contributed by atoms with E-state index in [0.717, 1.165) is 109 Å². The quantitative estimate of drug-likeness (QED) is 0.0195. The molecular formula is C68H109NO10. The Morgan fingerprint density at radius 2 is 0.911 bits per heavy atom. The van der Waals surface area contributed by atoms with Crippen LogP contribution in [0.5, 0.6) is 0 Å². The van der Waals surface area contributed by atoms with Gasteiger partial charge in [0.05, 0.1) is 25.4 Å². The molecular weight excluding hydrogens is 991 g/mol. The lowest BCUT2D eigenvalue weighted by atomic mass is 9.99.